The summed E-state index contributed by atoms with van der Waals surface area (Å²) in [7, 11) is 1.25. The zero-order valence-electron chi connectivity index (χ0n) is 11.7. The summed E-state index contributed by atoms with van der Waals surface area (Å²) in [5.41, 5.74) is 7.01. The highest BCUT2D eigenvalue weighted by Gasteiger charge is 2.19. The maximum absolute atomic E-state index is 11.4. The van der Waals surface area contributed by atoms with Gasteiger partial charge in [-0.25, -0.2) is 0 Å². The number of benzene rings is 2. The topological polar surface area (TPSA) is 81.8 Å². The summed E-state index contributed by atoms with van der Waals surface area (Å²) in [4.78, 5) is 11.4. The molecule has 2 aromatic rings. The molecule has 0 aliphatic carbocycles. The van der Waals surface area contributed by atoms with Gasteiger partial charge in [0.15, 0.2) is 0 Å². The first-order valence-electron chi connectivity index (χ1n) is 6.45. The number of esters is 1. The average Bonchev–Trinajstić information content (AvgIpc) is 2.52. The molecule has 0 saturated carbocycles. The molecule has 0 fully saturated rings. The first kappa shape index (κ1) is 14.9. The lowest BCUT2D eigenvalue weighted by Gasteiger charge is -2.13. The predicted molar refractivity (Wildman–Crippen MR) is 77.8 cm³/mol. The Kier molecular flexibility index (Phi) is 4.79. The zero-order chi connectivity index (χ0) is 15.2. The number of methoxy groups -OCH3 is 1. The van der Waals surface area contributed by atoms with E-state index in [1.807, 2.05) is 30.3 Å². The van der Waals surface area contributed by atoms with Crippen LogP contribution >= 0.6 is 0 Å². The molecule has 0 aliphatic rings. The third-order valence-corrected chi connectivity index (χ3v) is 3.04. The predicted octanol–water partition coefficient (Wildman–Crippen LogP) is 2.14. The molecule has 0 bridgehead atoms. The standard InChI is InChI=1S/C16H17NO4/c1-20-16(19)15(17)13-8-7-12(9-14(13)18)21-10-11-5-3-2-4-6-11/h2-9,15,18H,10,17H2,1H3/t15-/m1/s1. The molecule has 21 heavy (non-hydrogen) atoms. The number of phenolic OH excluding ortho intramolecular Hbond substituents is 1. The van der Waals surface area contributed by atoms with Crippen molar-refractivity contribution in [3.05, 3.63) is 59.7 Å². The van der Waals surface area contributed by atoms with E-state index in [-0.39, 0.29) is 5.75 Å². The third kappa shape index (κ3) is 3.73. The van der Waals surface area contributed by atoms with E-state index in [0.29, 0.717) is 17.9 Å². The van der Waals surface area contributed by atoms with Crippen LogP contribution < -0.4 is 10.5 Å². The molecule has 110 valence electrons. The van der Waals surface area contributed by atoms with Crippen molar-refractivity contribution in [3.8, 4) is 11.5 Å². The molecule has 3 N–H and O–H groups in total. The molecule has 0 aromatic heterocycles. The Morgan fingerprint density at radius 1 is 1.24 bits per heavy atom. The molecule has 0 saturated heterocycles. The van der Waals surface area contributed by atoms with Gasteiger partial charge in [-0.2, -0.15) is 0 Å². The highest BCUT2D eigenvalue weighted by molar-refractivity contribution is 5.78. The Hall–Kier alpha value is -2.53. The van der Waals surface area contributed by atoms with Crippen LogP contribution in [0.2, 0.25) is 0 Å². The summed E-state index contributed by atoms with van der Waals surface area (Å²) in [5.74, 6) is -0.209. The third-order valence-electron chi connectivity index (χ3n) is 3.04. The van der Waals surface area contributed by atoms with Crippen molar-refractivity contribution in [2.24, 2.45) is 5.73 Å². The van der Waals surface area contributed by atoms with Crippen LogP contribution in [0.4, 0.5) is 0 Å². The molecule has 0 unspecified atom stereocenters. The average molecular weight is 287 g/mol. The minimum absolute atomic E-state index is 0.0986. The van der Waals surface area contributed by atoms with Gasteiger partial charge < -0.3 is 20.3 Å². The summed E-state index contributed by atoms with van der Waals surface area (Å²) >= 11 is 0. The number of carbonyl (C=O) groups excluding carboxylic acids is 1. The maximum Gasteiger partial charge on any atom is 0.327 e. The molecule has 5 heteroatoms. The molecule has 0 radical (unpaired) electrons. The number of carbonyl (C=O) groups is 1. The number of ether oxygens (including phenoxy) is 2. The van der Waals surface area contributed by atoms with Gasteiger partial charge in [-0.1, -0.05) is 30.3 Å². The van der Waals surface area contributed by atoms with Gasteiger partial charge in [0.2, 0.25) is 0 Å². The largest absolute Gasteiger partial charge is 0.507 e. The van der Waals surface area contributed by atoms with Crippen molar-refractivity contribution in [1.82, 2.24) is 0 Å². The van der Waals surface area contributed by atoms with E-state index in [4.69, 9.17) is 10.5 Å². The molecule has 2 rings (SSSR count). The monoisotopic (exact) mass is 287 g/mol. The lowest BCUT2D eigenvalue weighted by molar-refractivity contribution is -0.142. The van der Waals surface area contributed by atoms with Crippen molar-refractivity contribution < 1.29 is 19.4 Å². The van der Waals surface area contributed by atoms with E-state index in [1.54, 1.807) is 12.1 Å². The highest BCUT2D eigenvalue weighted by Crippen LogP contribution is 2.28. The first-order valence-corrected chi connectivity index (χ1v) is 6.45. The van der Waals surface area contributed by atoms with Crippen LogP contribution in [0.15, 0.2) is 48.5 Å². The number of rotatable bonds is 5. The van der Waals surface area contributed by atoms with Gasteiger partial charge in [-0.3, -0.25) is 4.79 Å². The molecule has 1 atom stereocenters. The summed E-state index contributed by atoms with van der Waals surface area (Å²) in [6.45, 7) is 0.392. The van der Waals surface area contributed by atoms with Gasteiger partial charge in [0.1, 0.15) is 24.1 Å². The molecule has 0 aliphatic heterocycles. The SMILES string of the molecule is COC(=O)[C@H](N)c1ccc(OCc2ccccc2)cc1O. The van der Waals surface area contributed by atoms with Gasteiger partial charge in [-0.15, -0.1) is 0 Å². The Bertz CT molecular complexity index is 613. The maximum atomic E-state index is 11.4. The summed E-state index contributed by atoms with van der Waals surface area (Å²) < 4.78 is 10.1. The Labute approximate surface area is 122 Å². The van der Waals surface area contributed by atoms with Crippen LogP contribution in [0.5, 0.6) is 11.5 Å². The molecule has 5 nitrogen and oxygen atoms in total. The lowest BCUT2D eigenvalue weighted by Crippen LogP contribution is -2.22. The van der Waals surface area contributed by atoms with Crippen LogP contribution in [0, 0.1) is 0 Å². The van der Waals surface area contributed by atoms with E-state index in [0.717, 1.165) is 5.56 Å². The Morgan fingerprint density at radius 2 is 1.95 bits per heavy atom. The fourth-order valence-electron chi connectivity index (χ4n) is 1.87. The van der Waals surface area contributed by atoms with Gasteiger partial charge in [0.05, 0.1) is 7.11 Å². The van der Waals surface area contributed by atoms with Crippen LogP contribution in [0.25, 0.3) is 0 Å². The smallest absolute Gasteiger partial charge is 0.327 e. The quantitative estimate of drug-likeness (QED) is 0.823. The molecule has 0 heterocycles. The van der Waals surface area contributed by atoms with Gasteiger partial charge >= 0.3 is 5.97 Å². The van der Waals surface area contributed by atoms with Crippen LogP contribution in [-0.4, -0.2) is 18.2 Å². The van der Waals surface area contributed by atoms with Crippen molar-refractivity contribution in [1.29, 1.82) is 0 Å². The molecule has 0 spiro atoms. The second-order valence-corrected chi connectivity index (χ2v) is 4.50. The van der Waals surface area contributed by atoms with E-state index in [9.17, 15) is 9.90 Å². The second kappa shape index (κ2) is 6.76. The molecular weight excluding hydrogens is 270 g/mol. The van der Waals surface area contributed by atoms with Crippen LogP contribution in [0.3, 0.4) is 0 Å². The highest BCUT2D eigenvalue weighted by atomic mass is 16.5. The number of hydrogen-bond acceptors (Lipinski definition) is 5. The van der Waals surface area contributed by atoms with E-state index < -0.39 is 12.0 Å². The van der Waals surface area contributed by atoms with Gasteiger partial charge in [0, 0.05) is 11.6 Å². The van der Waals surface area contributed by atoms with Gasteiger partial charge in [-0.05, 0) is 17.7 Å². The number of hydrogen-bond donors (Lipinski definition) is 2. The summed E-state index contributed by atoms with van der Waals surface area (Å²) in [6, 6.07) is 13.3. The summed E-state index contributed by atoms with van der Waals surface area (Å²) in [6.07, 6.45) is 0. The number of phenols is 1. The van der Waals surface area contributed by atoms with Crippen molar-refractivity contribution in [2.45, 2.75) is 12.6 Å². The van der Waals surface area contributed by atoms with Crippen molar-refractivity contribution >= 4 is 5.97 Å². The van der Waals surface area contributed by atoms with Crippen LogP contribution in [-0.2, 0) is 16.1 Å². The summed E-state index contributed by atoms with van der Waals surface area (Å²) in [5, 5.41) is 9.94. The van der Waals surface area contributed by atoms with Crippen molar-refractivity contribution in [3.63, 3.8) is 0 Å². The zero-order valence-corrected chi connectivity index (χ0v) is 11.7. The minimum Gasteiger partial charge on any atom is -0.507 e. The lowest BCUT2D eigenvalue weighted by atomic mass is 10.1. The van der Waals surface area contributed by atoms with E-state index in [2.05, 4.69) is 4.74 Å². The number of nitrogens with two attached hydrogens (primary N) is 1. The van der Waals surface area contributed by atoms with E-state index >= 15 is 0 Å². The second-order valence-electron chi connectivity index (χ2n) is 4.50. The Balaban J connectivity index is 2.07. The number of aromatic hydroxyl groups is 1. The first-order chi connectivity index (χ1) is 10.1. The van der Waals surface area contributed by atoms with E-state index in [1.165, 1.54) is 13.2 Å². The normalized spacial score (nSPS) is 11.7. The van der Waals surface area contributed by atoms with Crippen LogP contribution in [0.1, 0.15) is 17.2 Å². The fraction of sp³-hybridized carbons (Fsp3) is 0.188. The Morgan fingerprint density at radius 3 is 2.57 bits per heavy atom. The molecular formula is C16H17NO4. The minimum atomic E-state index is -1.02. The molecule has 2 aromatic carbocycles. The molecule has 0 amide bonds. The fourth-order valence-corrected chi connectivity index (χ4v) is 1.87. The van der Waals surface area contributed by atoms with Crippen molar-refractivity contribution in [2.75, 3.05) is 7.11 Å². The van der Waals surface area contributed by atoms with Gasteiger partial charge in [0.25, 0.3) is 0 Å².